The van der Waals surface area contributed by atoms with Gasteiger partial charge in [0.05, 0.1) is 11.8 Å². The number of amides is 7. The van der Waals surface area contributed by atoms with Crippen molar-refractivity contribution in [1.82, 2.24) is 45.5 Å². The first kappa shape index (κ1) is 45.3. The number of hydrogen-bond donors (Lipinski definition) is 3. The zero-order valence-corrected chi connectivity index (χ0v) is 37.2. The minimum atomic E-state index is -1.53. The Kier molecular flexibility index (Phi) is 13.7. The Labute approximate surface area is 376 Å². The second-order valence-corrected chi connectivity index (χ2v) is 18.0. The number of carbonyl (C=O) groups is 7. The number of fused-ring (bicyclic) bond motifs is 1. The number of nitrogens with zero attached hydrogens (tertiary/aromatic N) is 7. The van der Waals surface area contributed by atoms with Crippen LogP contribution < -0.4 is 16.0 Å². The number of hydrogen-bond acceptors (Lipinski definition) is 14. The molecule has 0 spiro atoms. The standard InChI is InChI=1S/C43H46N10O9S2/c1-6-51-20-21-52(38(57)37(51)56)40(59)45-32(27-18-13-19-28(22-27)44-42(60)62-43(2,3)4)35(55)46-36-29(24-63-41-47-48-49-50(41)5)33(53-30(54)23-31(53)64-36)39(58)61-34(25-14-9-7-10-15-25)26-16-11-8-12-17-26/h7-19,22,31-32,34,36H,6,20-21,23-24H2,1-5H3,(H,44,60)(H,45,59)(H,46,55)/t31-,32?,36?/m0/s1. The molecular weight excluding hydrogens is 865 g/mol. The number of tetrazole rings is 1. The van der Waals surface area contributed by atoms with Crippen LogP contribution in [-0.4, -0.2) is 118 Å². The van der Waals surface area contributed by atoms with Crippen LogP contribution in [0.5, 0.6) is 0 Å². The Bertz CT molecular complexity index is 2440. The van der Waals surface area contributed by atoms with Gasteiger partial charge in [-0.05, 0) is 66.9 Å². The number of anilines is 1. The van der Waals surface area contributed by atoms with Gasteiger partial charge in [0, 0.05) is 43.7 Å². The molecule has 0 saturated carbocycles. The summed E-state index contributed by atoms with van der Waals surface area (Å²) in [6.07, 6.45) is -1.58. The predicted molar refractivity (Wildman–Crippen MR) is 234 cm³/mol. The monoisotopic (exact) mass is 910 g/mol. The smallest absolute Gasteiger partial charge is 0.412 e. The molecule has 2 fully saturated rings. The van der Waals surface area contributed by atoms with Crippen LogP contribution in [-0.2, 0) is 40.5 Å². The lowest BCUT2D eigenvalue weighted by Crippen LogP contribution is -2.60. The third-order valence-electron chi connectivity index (χ3n) is 10.2. The van der Waals surface area contributed by atoms with Gasteiger partial charge in [0.2, 0.25) is 17.0 Å². The second-order valence-electron chi connectivity index (χ2n) is 15.8. The molecule has 0 radical (unpaired) electrons. The first-order valence-electron chi connectivity index (χ1n) is 20.3. The summed E-state index contributed by atoms with van der Waals surface area (Å²) in [6.45, 7) is 7.06. The van der Waals surface area contributed by atoms with Gasteiger partial charge < -0.3 is 25.0 Å². The molecular formula is C43H46N10O9S2. The van der Waals surface area contributed by atoms with E-state index in [1.807, 2.05) is 60.7 Å². The second kappa shape index (κ2) is 19.3. The van der Waals surface area contributed by atoms with Crippen molar-refractivity contribution >= 4 is 70.9 Å². The normalized spacial score (nSPS) is 18.0. The largest absolute Gasteiger partial charge is 0.448 e. The Morgan fingerprint density at radius 2 is 1.58 bits per heavy atom. The highest BCUT2D eigenvalue weighted by Gasteiger charge is 2.50. The Hall–Kier alpha value is -6.74. The molecule has 3 aliphatic rings. The number of carbonyl (C=O) groups excluding carboxylic acids is 7. The van der Waals surface area contributed by atoms with Crippen LogP contribution in [0.25, 0.3) is 0 Å². The highest BCUT2D eigenvalue weighted by molar-refractivity contribution is 8.01. The lowest BCUT2D eigenvalue weighted by molar-refractivity contribution is -0.153. The van der Waals surface area contributed by atoms with Crippen molar-refractivity contribution < 1.29 is 43.0 Å². The lowest BCUT2D eigenvalue weighted by Gasteiger charge is -2.47. The minimum Gasteiger partial charge on any atom is -0.448 e. The van der Waals surface area contributed by atoms with Crippen LogP contribution in [0, 0.1) is 0 Å². The number of nitrogens with one attached hydrogen (secondary N) is 3. The van der Waals surface area contributed by atoms with Crippen molar-refractivity contribution in [3.8, 4) is 0 Å². The van der Waals surface area contributed by atoms with Gasteiger partial charge in [-0.25, -0.2) is 19.1 Å². The third kappa shape index (κ3) is 10.2. The molecule has 2 unspecified atom stereocenters. The Morgan fingerprint density at radius 1 is 0.906 bits per heavy atom. The van der Waals surface area contributed by atoms with Gasteiger partial charge in [-0.2, -0.15) is 0 Å². The zero-order chi connectivity index (χ0) is 45.7. The van der Waals surface area contributed by atoms with Crippen LogP contribution in [0.3, 0.4) is 0 Å². The number of esters is 1. The summed E-state index contributed by atoms with van der Waals surface area (Å²) in [7, 11) is 1.64. The number of thioether (sulfide) groups is 2. The maximum atomic E-state index is 14.8. The van der Waals surface area contributed by atoms with Crippen LogP contribution in [0.15, 0.2) is 101 Å². The molecule has 3 aromatic carbocycles. The third-order valence-corrected chi connectivity index (χ3v) is 12.7. The van der Waals surface area contributed by atoms with E-state index in [2.05, 4.69) is 31.5 Å². The van der Waals surface area contributed by atoms with Gasteiger partial charge in [-0.3, -0.25) is 34.3 Å². The maximum absolute atomic E-state index is 14.8. The van der Waals surface area contributed by atoms with E-state index < -0.39 is 64.3 Å². The summed E-state index contributed by atoms with van der Waals surface area (Å²) in [5, 5.41) is 18.7. The highest BCUT2D eigenvalue weighted by atomic mass is 32.2. The number of rotatable bonds is 13. The number of aryl methyl sites for hydroxylation is 1. The van der Waals surface area contributed by atoms with Gasteiger partial charge >= 0.3 is 29.9 Å². The molecule has 3 atom stereocenters. The van der Waals surface area contributed by atoms with Crippen LogP contribution >= 0.6 is 23.5 Å². The molecule has 7 rings (SSSR count). The molecule has 0 aliphatic carbocycles. The average Bonchev–Trinajstić information content (AvgIpc) is 3.68. The van der Waals surface area contributed by atoms with Crippen LogP contribution in [0.1, 0.15) is 63.0 Å². The van der Waals surface area contributed by atoms with E-state index in [1.165, 1.54) is 38.4 Å². The summed E-state index contributed by atoms with van der Waals surface area (Å²) < 4.78 is 13.2. The summed E-state index contributed by atoms with van der Waals surface area (Å²) in [5.74, 6) is -3.85. The van der Waals surface area contributed by atoms with Crippen molar-refractivity contribution in [2.45, 2.75) is 67.8 Å². The molecule has 2 saturated heterocycles. The van der Waals surface area contributed by atoms with Gasteiger partial charge in [0.25, 0.3) is 0 Å². The number of urea groups is 1. The van der Waals surface area contributed by atoms with E-state index in [9.17, 15) is 33.6 Å². The molecule has 3 N–H and O–H groups in total. The molecule has 7 amide bonds. The zero-order valence-electron chi connectivity index (χ0n) is 35.5. The van der Waals surface area contributed by atoms with Gasteiger partial charge in [0.1, 0.15) is 22.7 Å². The minimum absolute atomic E-state index is 0.000920. The van der Waals surface area contributed by atoms with Crippen molar-refractivity contribution in [1.29, 1.82) is 0 Å². The van der Waals surface area contributed by atoms with E-state index in [4.69, 9.17) is 9.47 Å². The lowest BCUT2D eigenvalue weighted by atomic mass is 10.0. The van der Waals surface area contributed by atoms with Crippen molar-refractivity contribution in [2.24, 2.45) is 7.05 Å². The van der Waals surface area contributed by atoms with E-state index in [1.54, 1.807) is 46.9 Å². The van der Waals surface area contributed by atoms with E-state index >= 15 is 0 Å². The first-order valence-corrected chi connectivity index (χ1v) is 22.2. The van der Waals surface area contributed by atoms with Gasteiger partial charge in [-0.15, -0.1) is 16.9 Å². The van der Waals surface area contributed by atoms with Gasteiger partial charge in [0.15, 0.2) is 6.10 Å². The molecule has 1 aromatic heterocycles. The Morgan fingerprint density at radius 3 is 2.19 bits per heavy atom. The molecule has 64 heavy (non-hydrogen) atoms. The Balaban J connectivity index is 1.26. The number of β-lactam (4-membered cyclic amide) rings is 1. The number of aromatic nitrogens is 4. The molecule has 0 bridgehead atoms. The number of benzene rings is 3. The predicted octanol–water partition coefficient (Wildman–Crippen LogP) is 4.13. The van der Waals surface area contributed by atoms with Crippen LogP contribution in [0.2, 0.25) is 0 Å². The van der Waals surface area contributed by atoms with Crippen molar-refractivity contribution in [3.63, 3.8) is 0 Å². The molecule has 4 heterocycles. The first-order chi connectivity index (χ1) is 30.6. The van der Waals surface area contributed by atoms with E-state index in [0.29, 0.717) is 21.9 Å². The fourth-order valence-corrected chi connectivity index (χ4v) is 9.56. The average molecular weight is 911 g/mol. The summed E-state index contributed by atoms with van der Waals surface area (Å²) in [5.41, 5.74) is 1.19. The van der Waals surface area contributed by atoms with E-state index in [-0.39, 0.29) is 54.7 Å². The molecule has 334 valence electrons. The number of ether oxygens (including phenoxy) is 2. The number of imide groups is 1. The fourth-order valence-electron chi connectivity index (χ4n) is 7.11. The van der Waals surface area contributed by atoms with Gasteiger partial charge in [-0.1, -0.05) is 84.6 Å². The summed E-state index contributed by atoms with van der Waals surface area (Å²) in [4.78, 5) is 99.0. The van der Waals surface area contributed by atoms with E-state index in [0.717, 1.165) is 16.7 Å². The fraction of sp³-hybridized carbons (Fsp3) is 0.349. The number of piperazine rings is 1. The van der Waals surface area contributed by atoms with Crippen molar-refractivity contribution in [2.75, 3.05) is 30.7 Å². The number of likely N-dealkylation sites (N-methyl/N-ethyl adjacent to an activating group) is 1. The molecule has 3 aliphatic heterocycles. The molecule has 19 nitrogen and oxygen atoms in total. The molecule has 4 aromatic rings. The quantitative estimate of drug-likeness (QED) is 0.0743. The SMILES string of the molecule is CCN1CCN(C(=O)NC(C(=O)NC2S[C@H]3CC(=O)N3C(C(=O)OC(c3ccccc3)c3ccccc3)=C2CSc2nnnn2C)c2cccc(NC(=O)OC(C)(C)C)c2)C(=O)C1=O. The topological polar surface area (TPSA) is 227 Å². The highest BCUT2D eigenvalue weighted by Crippen LogP contribution is 2.45. The molecule has 21 heteroatoms. The van der Waals surface area contributed by atoms with Crippen LogP contribution in [0.4, 0.5) is 15.3 Å². The summed E-state index contributed by atoms with van der Waals surface area (Å²) >= 11 is 2.37. The summed E-state index contributed by atoms with van der Waals surface area (Å²) in [6, 6.07) is 21.9. The van der Waals surface area contributed by atoms with Crippen molar-refractivity contribution in [3.05, 3.63) is 113 Å². The maximum Gasteiger partial charge on any atom is 0.412 e.